The Hall–Kier alpha value is -1.36. The van der Waals surface area contributed by atoms with Gasteiger partial charge in [-0.25, -0.2) is 0 Å². The van der Waals surface area contributed by atoms with E-state index in [1.807, 2.05) is 24.4 Å². The minimum Gasteiger partial charge on any atom is -0.481 e. The molecule has 0 aliphatic heterocycles. The van der Waals surface area contributed by atoms with Crippen molar-refractivity contribution in [3.05, 3.63) is 22.4 Å². The van der Waals surface area contributed by atoms with Crippen molar-refractivity contribution >= 4 is 23.2 Å². The largest absolute Gasteiger partial charge is 0.481 e. The summed E-state index contributed by atoms with van der Waals surface area (Å²) in [6.07, 6.45) is -0.0527. The van der Waals surface area contributed by atoms with Crippen LogP contribution in [-0.4, -0.2) is 23.0 Å². The Morgan fingerprint density at radius 2 is 2.19 bits per heavy atom. The van der Waals surface area contributed by atoms with E-state index in [1.165, 1.54) is 11.3 Å². The zero-order valence-corrected chi connectivity index (χ0v) is 10.1. The molecule has 0 bridgehead atoms. The van der Waals surface area contributed by atoms with Crippen LogP contribution in [0.3, 0.4) is 0 Å². The molecule has 1 amide bonds. The molecular formula is C11H15NO3S. The van der Waals surface area contributed by atoms with Crippen LogP contribution in [0.2, 0.25) is 0 Å². The Morgan fingerprint density at radius 3 is 2.69 bits per heavy atom. The number of carbonyl (C=O) groups is 2. The molecule has 4 nitrogen and oxygen atoms in total. The van der Waals surface area contributed by atoms with Gasteiger partial charge in [0, 0.05) is 10.9 Å². The summed E-state index contributed by atoms with van der Waals surface area (Å²) in [6, 6.07) is 3.45. The summed E-state index contributed by atoms with van der Waals surface area (Å²) in [7, 11) is 0. The first kappa shape index (κ1) is 12.7. The minimum atomic E-state index is -0.906. The van der Waals surface area contributed by atoms with Crippen LogP contribution in [0.4, 0.5) is 0 Å². The normalized spacial score (nSPS) is 14.1. The second-order valence-electron chi connectivity index (χ2n) is 3.74. The zero-order valence-electron chi connectivity index (χ0n) is 9.27. The molecule has 5 heteroatoms. The Morgan fingerprint density at radius 1 is 1.50 bits per heavy atom. The van der Waals surface area contributed by atoms with E-state index >= 15 is 0 Å². The number of carboxylic acids is 1. The molecule has 2 atom stereocenters. The number of hydrogen-bond donors (Lipinski definition) is 2. The number of thiophene rings is 1. The number of hydrogen-bond acceptors (Lipinski definition) is 3. The van der Waals surface area contributed by atoms with Gasteiger partial charge in [-0.15, -0.1) is 11.3 Å². The predicted octanol–water partition coefficient (Wildman–Crippen LogP) is 1.83. The smallest absolute Gasteiger partial charge is 0.305 e. The summed E-state index contributed by atoms with van der Waals surface area (Å²) in [5.74, 6) is -1.26. The van der Waals surface area contributed by atoms with Crippen molar-refractivity contribution in [2.45, 2.75) is 32.2 Å². The molecule has 1 aromatic heterocycles. The predicted molar refractivity (Wildman–Crippen MR) is 62.6 cm³/mol. The number of carbonyl (C=O) groups excluding carboxylic acids is 1. The number of nitrogens with one attached hydrogen (secondary N) is 1. The fraction of sp³-hybridized carbons (Fsp3) is 0.455. The van der Waals surface area contributed by atoms with Crippen molar-refractivity contribution in [1.82, 2.24) is 5.32 Å². The summed E-state index contributed by atoms with van der Waals surface area (Å²) in [4.78, 5) is 23.2. The lowest BCUT2D eigenvalue weighted by molar-refractivity contribution is -0.137. The zero-order chi connectivity index (χ0) is 12.1. The van der Waals surface area contributed by atoms with E-state index in [9.17, 15) is 9.59 Å². The Balaban J connectivity index is 2.49. The van der Waals surface area contributed by atoms with Crippen molar-refractivity contribution in [2.75, 3.05) is 0 Å². The van der Waals surface area contributed by atoms with E-state index < -0.39 is 5.97 Å². The molecule has 0 aliphatic carbocycles. The van der Waals surface area contributed by atoms with Gasteiger partial charge in [0.1, 0.15) is 0 Å². The minimum absolute atomic E-state index is 0.0527. The summed E-state index contributed by atoms with van der Waals surface area (Å²) in [5.41, 5.74) is 0. The molecule has 0 aromatic carbocycles. The standard InChI is InChI=1S/C11H15NO3S/c1-7(6-10(13)14)12-11(15)8(2)9-4-3-5-16-9/h3-5,7-8H,6H2,1-2H3,(H,12,15)(H,13,14). The van der Waals surface area contributed by atoms with Crippen molar-refractivity contribution < 1.29 is 14.7 Å². The molecule has 0 saturated carbocycles. The lowest BCUT2D eigenvalue weighted by Gasteiger charge is -2.15. The van der Waals surface area contributed by atoms with Crippen molar-refractivity contribution in [3.63, 3.8) is 0 Å². The maximum atomic E-state index is 11.7. The molecule has 1 rings (SSSR count). The van der Waals surface area contributed by atoms with E-state index in [0.717, 1.165) is 4.88 Å². The molecule has 88 valence electrons. The van der Waals surface area contributed by atoms with Gasteiger partial charge in [0.05, 0.1) is 12.3 Å². The molecule has 1 heterocycles. The summed E-state index contributed by atoms with van der Waals surface area (Å²) < 4.78 is 0. The van der Waals surface area contributed by atoms with Crippen LogP contribution in [0.5, 0.6) is 0 Å². The molecular weight excluding hydrogens is 226 g/mol. The van der Waals surface area contributed by atoms with E-state index in [1.54, 1.807) is 6.92 Å². The number of rotatable bonds is 5. The van der Waals surface area contributed by atoms with Crippen LogP contribution in [0.15, 0.2) is 17.5 Å². The molecule has 0 saturated heterocycles. The second-order valence-corrected chi connectivity index (χ2v) is 4.72. The topological polar surface area (TPSA) is 66.4 Å². The molecule has 0 radical (unpaired) electrons. The third-order valence-electron chi connectivity index (χ3n) is 2.23. The Bertz CT molecular complexity index is 361. The van der Waals surface area contributed by atoms with Crippen LogP contribution >= 0.6 is 11.3 Å². The Kier molecular flexibility index (Phi) is 4.49. The average Bonchev–Trinajstić information content (AvgIpc) is 2.67. The highest BCUT2D eigenvalue weighted by atomic mass is 32.1. The van der Waals surface area contributed by atoms with Crippen LogP contribution in [0, 0.1) is 0 Å². The quantitative estimate of drug-likeness (QED) is 0.826. The number of aliphatic carboxylic acids is 1. The van der Waals surface area contributed by atoms with E-state index in [2.05, 4.69) is 5.32 Å². The maximum absolute atomic E-state index is 11.7. The number of amides is 1. The highest BCUT2D eigenvalue weighted by Gasteiger charge is 2.18. The maximum Gasteiger partial charge on any atom is 0.305 e. The van der Waals surface area contributed by atoms with Gasteiger partial charge < -0.3 is 10.4 Å². The first-order valence-corrected chi connectivity index (χ1v) is 5.94. The van der Waals surface area contributed by atoms with Crippen molar-refractivity contribution in [3.8, 4) is 0 Å². The molecule has 0 aliphatic rings. The summed E-state index contributed by atoms with van der Waals surface area (Å²) in [6.45, 7) is 3.50. The van der Waals surface area contributed by atoms with Crippen LogP contribution < -0.4 is 5.32 Å². The number of carboxylic acid groups (broad SMARTS) is 1. The van der Waals surface area contributed by atoms with Gasteiger partial charge in [-0.2, -0.15) is 0 Å². The van der Waals surface area contributed by atoms with E-state index in [0.29, 0.717) is 0 Å². The fourth-order valence-corrected chi connectivity index (χ4v) is 2.13. The Labute approximate surface area is 98.3 Å². The molecule has 0 spiro atoms. The third-order valence-corrected chi connectivity index (χ3v) is 3.29. The van der Waals surface area contributed by atoms with Gasteiger partial charge in [0.2, 0.25) is 5.91 Å². The molecule has 2 N–H and O–H groups in total. The summed E-state index contributed by atoms with van der Waals surface area (Å²) >= 11 is 1.52. The molecule has 16 heavy (non-hydrogen) atoms. The van der Waals surface area contributed by atoms with Gasteiger partial charge in [-0.05, 0) is 25.3 Å². The van der Waals surface area contributed by atoms with Crippen LogP contribution in [0.25, 0.3) is 0 Å². The van der Waals surface area contributed by atoms with E-state index in [4.69, 9.17) is 5.11 Å². The lowest BCUT2D eigenvalue weighted by atomic mass is 10.1. The van der Waals surface area contributed by atoms with Gasteiger partial charge in [-0.1, -0.05) is 6.07 Å². The summed E-state index contributed by atoms with van der Waals surface area (Å²) in [5, 5.41) is 13.2. The molecule has 2 unspecified atom stereocenters. The van der Waals surface area contributed by atoms with E-state index in [-0.39, 0.29) is 24.3 Å². The van der Waals surface area contributed by atoms with Gasteiger partial charge in [0.15, 0.2) is 0 Å². The fourth-order valence-electron chi connectivity index (χ4n) is 1.35. The third kappa shape index (κ3) is 3.66. The lowest BCUT2D eigenvalue weighted by Crippen LogP contribution is -2.36. The molecule has 0 fully saturated rings. The monoisotopic (exact) mass is 241 g/mol. The van der Waals surface area contributed by atoms with Crippen LogP contribution in [-0.2, 0) is 9.59 Å². The van der Waals surface area contributed by atoms with Crippen molar-refractivity contribution in [1.29, 1.82) is 0 Å². The molecule has 1 aromatic rings. The van der Waals surface area contributed by atoms with Gasteiger partial charge in [0.25, 0.3) is 0 Å². The SMILES string of the molecule is CC(CC(=O)O)NC(=O)C(C)c1cccs1. The average molecular weight is 241 g/mol. The first-order valence-electron chi connectivity index (χ1n) is 5.06. The van der Waals surface area contributed by atoms with Crippen LogP contribution in [0.1, 0.15) is 31.1 Å². The highest BCUT2D eigenvalue weighted by Crippen LogP contribution is 2.20. The van der Waals surface area contributed by atoms with Gasteiger partial charge in [-0.3, -0.25) is 9.59 Å². The van der Waals surface area contributed by atoms with Crippen molar-refractivity contribution in [2.24, 2.45) is 0 Å². The first-order chi connectivity index (χ1) is 7.50. The van der Waals surface area contributed by atoms with Gasteiger partial charge >= 0.3 is 5.97 Å². The highest BCUT2D eigenvalue weighted by molar-refractivity contribution is 7.10. The second kappa shape index (κ2) is 5.65.